The Hall–Kier alpha value is -6.64. The van der Waals surface area contributed by atoms with Crippen molar-refractivity contribution in [2.45, 2.75) is 37.1 Å². The fourth-order valence-corrected chi connectivity index (χ4v) is 9.63. The van der Waals surface area contributed by atoms with E-state index in [1.807, 2.05) is 0 Å². The molecule has 3 aliphatic carbocycles. The van der Waals surface area contributed by atoms with Gasteiger partial charge in [0.25, 0.3) is 0 Å². The van der Waals surface area contributed by atoms with Gasteiger partial charge in [-0.15, -0.1) is 0 Å². The summed E-state index contributed by atoms with van der Waals surface area (Å²) in [6.45, 7) is 4.69. The van der Waals surface area contributed by atoms with Gasteiger partial charge in [-0.3, -0.25) is 0 Å². The quantitative estimate of drug-likeness (QED) is 0.155. The Bertz CT molecular complexity index is 2680. The lowest BCUT2D eigenvalue weighted by molar-refractivity contribution is 0.704. The molecule has 0 fully saturated rings. The first-order valence-electron chi connectivity index (χ1n) is 19.9. The number of aromatic nitrogens is 1. The van der Waals surface area contributed by atoms with Gasteiger partial charge in [0.15, 0.2) is 0 Å². The highest BCUT2D eigenvalue weighted by atomic mass is 15.2. The second-order valence-corrected chi connectivity index (χ2v) is 15.1. The Morgan fingerprint density at radius 1 is 0.607 bits per heavy atom. The van der Waals surface area contributed by atoms with E-state index in [1.54, 1.807) is 0 Å². The van der Waals surface area contributed by atoms with Gasteiger partial charge >= 0.3 is 0 Å². The van der Waals surface area contributed by atoms with Gasteiger partial charge < -0.3 is 9.47 Å². The maximum atomic E-state index is 4.69. The molecule has 0 amide bonds. The average Bonchev–Trinajstić information content (AvgIpc) is 3.76. The monoisotopic (exact) mass is 720 g/mol. The van der Waals surface area contributed by atoms with Crippen molar-refractivity contribution in [3.8, 4) is 16.8 Å². The fraction of sp³-hybridized carbons (Fsp3) is 0.111. The average molecular weight is 721 g/mol. The number of para-hydroxylation sites is 2. The van der Waals surface area contributed by atoms with Crippen molar-refractivity contribution in [1.82, 2.24) is 4.57 Å². The van der Waals surface area contributed by atoms with Crippen molar-refractivity contribution in [1.29, 1.82) is 0 Å². The first-order chi connectivity index (χ1) is 27.7. The minimum Gasteiger partial charge on any atom is -0.337 e. The minimum atomic E-state index is -0.567. The number of hydrogen-bond donors (Lipinski definition) is 0. The van der Waals surface area contributed by atoms with Gasteiger partial charge in [0.2, 0.25) is 0 Å². The Morgan fingerprint density at radius 2 is 1.30 bits per heavy atom. The zero-order valence-corrected chi connectivity index (χ0v) is 31.6. The van der Waals surface area contributed by atoms with Gasteiger partial charge in [-0.2, -0.15) is 0 Å². The van der Waals surface area contributed by atoms with Crippen LogP contribution in [-0.4, -0.2) is 10.6 Å². The van der Waals surface area contributed by atoms with Gasteiger partial charge in [0.1, 0.15) is 0 Å². The molecule has 6 aromatic carbocycles. The van der Waals surface area contributed by atoms with Crippen LogP contribution >= 0.6 is 0 Å². The second kappa shape index (κ2) is 14.2. The van der Waals surface area contributed by atoms with Gasteiger partial charge in [0.05, 0.1) is 28.2 Å². The molecule has 1 aromatic heterocycles. The van der Waals surface area contributed by atoms with Crippen LogP contribution in [0.3, 0.4) is 0 Å². The molecule has 10 rings (SSSR count). The molecule has 270 valence electrons. The van der Waals surface area contributed by atoms with Crippen LogP contribution in [0.2, 0.25) is 0 Å². The van der Waals surface area contributed by atoms with E-state index in [4.69, 9.17) is 0 Å². The maximum Gasteiger partial charge on any atom is 0.0715 e. The Kier molecular flexibility index (Phi) is 8.60. The summed E-state index contributed by atoms with van der Waals surface area (Å²) in [5, 5.41) is 2.53. The van der Waals surface area contributed by atoms with E-state index in [9.17, 15) is 0 Å². The predicted octanol–water partition coefficient (Wildman–Crippen LogP) is 13.6. The number of hydrogen-bond acceptors (Lipinski definition) is 1. The molecule has 0 aliphatic heterocycles. The molecule has 0 radical (unpaired) electrons. The second-order valence-electron chi connectivity index (χ2n) is 15.1. The van der Waals surface area contributed by atoms with E-state index < -0.39 is 5.41 Å². The molecule has 56 heavy (non-hydrogen) atoms. The fourth-order valence-electron chi connectivity index (χ4n) is 9.63. The largest absolute Gasteiger partial charge is 0.337 e. The van der Waals surface area contributed by atoms with Crippen LogP contribution in [0, 0.1) is 0 Å². The van der Waals surface area contributed by atoms with E-state index in [2.05, 4.69) is 216 Å². The lowest BCUT2D eigenvalue weighted by Gasteiger charge is -2.38. The molecule has 0 saturated carbocycles. The first-order valence-corrected chi connectivity index (χ1v) is 19.9. The van der Waals surface area contributed by atoms with Crippen LogP contribution < -0.4 is 4.90 Å². The molecule has 0 bridgehead atoms. The van der Waals surface area contributed by atoms with Gasteiger partial charge in [-0.1, -0.05) is 170 Å². The maximum absolute atomic E-state index is 4.69. The molecule has 3 aliphatic rings. The summed E-state index contributed by atoms with van der Waals surface area (Å²) in [7, 11) is 0. The van der Waals surface area contributed by atoms with Crippen molar-refractivity contribution in [3.05, 3.63) is 240 Å². The van der Waals surface area contributed by atoms with Gasteiger partial charge in [-0.25, -0.2) is 0 Å². The molecule has 2 heteroatoms. The number of fused-ring (bicyclic) bond motifs is 6. The van der Waals surface area contributed by atoms with Crippen LogP contribution in [0.1, 0.15) is 47.9 Å². The molecule has 0 saturated heterocycles. The van der Waals surface area contributed by atoms with Crippen molar-refractivity contribution < 1.29 is 0 Å². The third kappa shape index (κ3) is 5.39. The van der Waals surface area contributed by atoms with Crippen LogP contribution in [0.25, 0.3) is 38.6 Å². The SMILES string of the molecule is C=C1/C=C\C=C/C/C=C\CC1N(C1=CC=CCC1)c1ccc2c(c1)C(c1ccccc1)(c1ccccc1)c1cccc(-n3c4ccccc4c4ccccc43)c1-2. The summed E-state index contributed by atoms with van der Waals surface area (Å²) < 4.78 is 2.50. The smallest absolute Gasteiger partial charge is 0.0715 e. The highest BCUT2D eigenvalue weighted by Gasteiger charge is 2.47. The summed E-state index contributed by atoms with van der Waals surface area (Å²) in [4.78, 5) is 2.59. The number of rotatable bonds is 6. The summed E-state index contributed by atoms with van der Waals surface area (Å²) in [5.41, 5.74) is 14.3. The van der Waals surface area contributed by atoms with Crippen LogP contribution in [0.15, 0.2) is 218 Å². The zero-order chi connectivity index (χ0) is 37.5. The zero-order valence-electron chi connectivity index (χ0n) is 31.6. The van der Waals surface area contributed by atoms with E-state index in [1.165, 1.54) is 72.3 Å². The first kappa shape index (κ1) is 33.9. The summed E-state index contributed by atoms with van der Waals surface area (Å²) >= 11 is 0. The highest BCUT2D eigenvalue weighted by molar-refractivity contribution is 6.10. The third-order valence-corrected chi connectivity index (χ3v) is 12.0. The van der Waals surface area contributed by atoms with E-state index in [0.29, 0.717) is 0 Å². The number of allylic oxidation sites excluding steroid dienone is 8. The topological polar surface area (TPSA) is 8.17 Å². The van der Waals surface area contributed by atoms with Crippen molar-refractivity contribution in [2.75, 3.05) is 4.90 Å². The molecule has 2 nitrogen and oxygen atoms in total. The lowest BCUT2D eigenvalue weighted by Crippen LogP contribution is -2.36. The molecule has 1 heterocycles. The Morgan fingerprint density at radius 3 is 2.00 bits per heavy atom. The molecule has 1 atom stereocenters. The standard InChI is InChI=1S/C54H44N2/c1-39-22-9-4-2-3-5-16-32-49(39)55(42-27-14-8-15-28-42)43-36-37-46-48(38-43)54(40-23-10-6-11-24-40,41-25-12-7-13-26-41)47-31-21-35-52(53(46)47)56-50-33-19-17-29-44(50)45-30-18-20-34-51(45)56/h2,4-14,16-27,29-31,33-38,49H,1,3,15,28,32H2/b4-2-,16-5-,22-9-. The molecule has 7 aromatic rings. The lowest BCUT2D eigenvalue weighted by atomic mass is 9.67. The Labute approximate surface area is 330 Å². The number of benzene rings is 6. The number of nitrogens with zero attached hydrogens (tertiary/aromatic N) is 2. The molecular weight excluding hydrogens is 677 g/mol. The van der Waals surface area contributed by atoms with Crippen LogP contribution in [0.5, 0.6) is 0 Å². The molecule has 1 unspecified atom stereocenters. The highest BCUT2D eigenvalue weighted by Crippen LogP contribution is 2.59. The van der Waals surface area contributed by atoms with Crippen molar-refractivity contribution >= 4 is 27.5 Å². The van der Waals surface area contributed by atoms with Crippen LogP contribution in [-0.2, 0) is 5.41 Å². The summed E-state index contributed by atoms with van der Waals surface area (Å²) in [6.07, 6.45) is 23.9. The summed E-state index contributed by atoms with van der Waals surface area (Å²) in [5.74, 6) is 0. The van der Waals surface area contributed by atoms with Crippen molar-refractivity contribution in [2.24, 2.45) is 0 Å². The molecular formula is C54H44N2. The van der Waals surface area contributed by atoms with E-state index in [0.717, 1.165) is 31.3 Å². The predicted molar refractivity (Wildman–Crippen MR) is 237 cm³/mol. The minimum absolute atomic E-state index is 0.0598. The van der Waals surface area contributed by atoms with Gasteiger partial charge in [0, 0.05) is 27.7 Å². The normalized spacial score (nSPS) is 18.9. The third-order valence-electron chi connectivity index (χ3n) is 12.0. The molecule has 0 N–H and O–H groups in total. The summed E-state index contributed by atoms with van der Waals surface area (Å²) in [6, 6.07) is 54.4. The van der Waals surface area contributed by atoms with Crippen molar-refractivity contribution in [3.63, 3.8) is 0 Å². The van der Waals surface area contributed by atoms with E-state index in [-0.39, 0.29) is 6.04 Å². The van der Waals surface area contributed by atoms with Crippen LogP contribution in [0.4, 0.5) is 5.69 Å². The Balaban J connectivity index is 1.29. The number of anilines is 1. The van der Waals surface area contributed by atoms with E-state index >= 15 is 0 Å². The molecule has 0 spiro atoms. The van der Waals surface area contributed by atoms with Gasteiger partial charge in [-0.05, 0) is 95.5 Å².